The van der Waals surface area contributed by atoms with Gasteiger partial charge in [0.05, 0.1) is 5.56 Å². The number of allylic oxidation sites excluding steroid dienone is 1. The van der Waals surface area contributed by atoms with Crippen molar-refractivity contribution in [1.82, 2.24) is 5.32 Å². The van der Waals surface area contributed by atoms with Crippen LogP contribution in [0.4, 0.5) is 0 Å². The van der Waals surface area contributed by atoms with Gasteiger partial charge in [-0.25, -0.2) is 0 Å². The van der Waals surface area contributed by atoms with Gasteiger partial charge in [0.15, 0.2) is 5.96 Å². The Morgan fingerprint density at radius 2 is 2.17 bits per heavy atom. The van der Waals surface area contributed by atoms with Crippen LogP contribution in [0.5, 0.6) is 5.75 Å². The lowest BCUT2D eigenvalue weighted by Crippen LogP contribution is -2.50. The molecule has 0 saturated heterocycles. The summed E-state index contributed by atoms with van der Waals surface area (Å²) in [4.78, 5) is 3.99. The van der Waals surface area contributed by atoms with Crippen LogP contribution in [0.2, 0.25) is 0 Å². The number of hydrogen-bond acceptors (Lipinski definition) is 6. The summed E-state index contributed by atoms with van der Waals surface area (Å²) < 4.78 is 5.58. The summed E-state index contributed by atoms with van der Waals surface area (Å²) >= 11 is 0. The first kappa shape index (κ1) is 12.0. The minimum Gasteiger partial charge on any atom is -0.448 e. The molecule has 1 unspecified atom stereocenters. The molecule has 0 radical (unpaired) electrons. The zero-order valence-corrected chi connectivity index (χ0v) is 9.84. The summed E-state index contributed by atoms with van der Waals surface area (Å²) in [6.45, 7) is 1.79. The molecule has 0 aromatic heterocycles. The number of aliphatic imine (C=N–C) groups is 1. The third kappa shape index (κ3) is 2.42. The Morgan fingerprint density at radius 1 is 1.44 bits per heavy atom. The Bertz CT molecular complexity index is 552. The molecule has 0 fully saturated rings. The topological polar surface area (TPSA) is 109 Å². The summed E-state index contributed by atoms with van der Waals surface area (Å²) in [6.07, 6.45) is 1.59. The Balaban J connectivity index is 2.34. The molecule has 1 aromatic carbocycles. The molecular formula is C12H13N5O. The maximum Gasteiger partial charge on any atom is 0.280 e. The fraction of sp³-hybridized carbons (Fsp3) is 0.167. The van der Waals surface area contributed by atoms with E-state index in [0.29, 0.717) is 11.3 Å². The monoisotopic (exact) mass is 243 g/mol. The predicted octanol–water partition coefficient (Wildman–Crippen LogP) is 0.371. The molecule has 2 rings (SSSR count). The minimum atomic E-state index is -1.40. The average Bonchev–Trinajstić information content (AvgIpc) is 2.27. The van der Waals surface area contributed by atoms with Crippen LogP contribution < -0.4 is 21.5 Å². The van der Waals surface area contributed by atoms with Gasteiger partial charge in [-0.2, -0.15) is 10.3 Å². The zero-order valence-electron chi connectivity index (χ0n) is 9.84. The molecule has 0 saturated carbocycles. The smallest absolute Gasteiger partial charge is 0.280 e. The molecule has 1 aliphatic heterocycles. The number of para-hydroxylation sites is 1. The minimum absolute atomic E-state index is 0.173. The maximum atomic E-state index is 8.98. The number of ether oxygens (including phenoxy) is 1. The van der Waals surface area contributed by atoms with Crippen molar-refractivity contribution in [1.29, 1.82) is 5.26 Å². The van der Waals surface area contributed by atoms with Crippen LogP contribution in [-0.2, 0) is 0 Å². The number of nitrogens with one attached hydrogen (secondary N) is 1. The SMILES string of the molecule is CC1=CC(N)(Oc2ccccc2C#N)N=C(N)N1. The molecule has 6 nitrogen and oxygen atoms in total. The summed E-state index contributed by atoms with van der Waals surface area (Å²) in [5.74, 6) is -0.858. The first-order valence-electron chi connectivity index (χ1n) is 5.31. The van der Waals surface area contributed by atoms with Crippen molar-refractivity contribution >= 4 is 5.96 Å². The van der Waals surface area contributed by atoms with Crippen LogP contribution in [0.1, 0.15) is 12.5 Å². The van der Waals surface area contributed by atoms with Gasteiger partial charge in [-0.1, -0.05) is 12.1 Å². The van der Waals surface area contributed by atoms with E-state index in [1.165, 1.54) is 0 Å². The van der Waals surface area contributed by atoms with Gasteiger partial charge in [-0.15, -0.1) is 0 Å². The third-order valence-electron chi connectivity index (χ3n) is 2.32. The zero-order chi connectivity index (χ0) is 13.2. The Kier molecular flexibility index (Phi) is 2.92. The number of rotatable bonds is 2. The van der Waals surface area contributed by atoms with Gasteiger partial charge in [0, 0.05) is 11.8 Å². The van der Waals surface area contributed by atoms with E-state index in [-0.39, 0.29) is 5.96 Å². The molecule has 0 aliphatic carbocycles. The molecule has 1 atom stereocenters. The van der Waals surface area contributed by atoms with Crippen molar-refractivity contribution < 1.29 is 4.74 Å². The van der Waals surface area contributed by atoms with Gasteiger partial charge < -0.3 is 15.8 Å². The molecule has 6 heteroatoms. The first-order chi connectivity index (χ1) is 8.52. The largest absolute Gasteiger partial charge is 0.448 e. The fourth-order valence-electron chi connectivity index (χ4n) is 1.67. The lowest BCUT2D eigenvalue weighted by atomic mass is 10.2. The van der Waals surface area contributed by atoms with Crippen molar-refractivity contribution in [3.05, 3.63) is 41.6 Å². The summed E-state index contributed by atoms with van der Waals surface area (Å²) in [5, 5.41) is 11.8. The van der Waals surface area contributed by atoms with Crippen molar-refractivity contribution in [3.63, 3.8) is 0 Å². The molecule has 18 heavy (non-hydrogen) atoms. The predicted molar refractivity (Wildman–Crippen MR) is 67.2 cm³/mol. The van der Waals surface area contributed by atoms with Crippen LogP contribution in [0, 0.1) is 11.3 Å². The van der Waals surface area contributed by atoms with Crippen molar-refractivity contribution in [3.8, 4) is 11.8 Å². The van der Waals surface area contributed by atoms with E-state index < -0.39 is 5.85 Å². The average molecular weight is 243 g/mol. The Labute approximate surface area is 105 Å². The first-order valence-corrected chi connectivity index (χ1v) is 5.31. The van der Waals surface area contributed by atoms with Crippen LogP contribution in [0.25, 0.3) is 0 Å². The van der Waals surface area contributed by atoms with Gasteiger partial charge in [0.25, 0.3) is 5.85 Å². The lowest BCUT2D eigenvalue weighted by Gasteiger charge is -2.28. The fourth-order valence-corrected chi connectivity index (χ4v) is 1.67. The summed E-state index contributed by atoms with van der Waals surface area (Å²) in [7, 11) is 0. The van der Waals surface area contributed by atoms with Gasteiger partial charge in [-0.05, 0) is 19.1 Å². The van der Waals surface area contributed by atoms with E-state index in [1.54, 1.807) is 37.3 Å². The molecule has 1 heterocycles. The lowest BCUT2D eigenvalue weighted by molar-refractivity contribution is 0.133. The normalized spacial score (nSPS) is 22.3. The second-order valence-corrected chi connectivity index (χ2v) is 3.91. The van der Waals surface area contributed by atoms with E-state index in [9.17, 15) is 0 Å². The molecule has 0 spiro atoms. The van der Waals surface area contributed by atoms with Gasteiger partial charge in [-0.3, -0.25) is 5.73 Å². The maximum absolute atomic E-state index is 8.98. The second kappa shape index (κ2) is 4.39. The molecule has 1 aliphatic rings. The van der Waals surface area contributed by atoms with E-state index in [2.05, 4.69) is 10.3 Å². The number of nitrogens with zero attached hydrogens (tertiary/aromatic N) is 2. The summed E-state index contributed by atoms with van der Waals surface area (Å²) in [6, 6.07) is 8.83. The van der Waals surface area contributed by atoms with Crippen molar-refractivity contribution in [2.24, 2.45) is 16.5 Å². The Hall–Kier alpha value is -2.52. The number of guanidine groups is 1. The standard InChI is InChI=1S/C12H13N5O/c1-8-6-12(15,17-11(14)16-8)18-10-5-3-2-4-9(10)7-13/h2-6H,15H2,1H3,(H3,14,16,17). The molecule has 1 aromatic rings. The van der Waals surface area contributed by atoms with E-state index in [4.69, 9.17) is 21.5 Å². The summed E-state index contributed by atoms with van der Waals surface area (Å²) in [5.41, 5.74) is 12.7. The van der Waals surface area contributed by atoms with E-state index >= 15 is 0 Å². The van der Waals surface area contributed by atoms with E-state index in [0.717, 1.165) is 5.70 Å². The van der Waals surface area contributed by atoms with Gasteiger partial charge in [0.2, 0.25) is 0 Å². The molecule has 92 valence electrons. The molecule has 0 bridgehead atoms. The van der Waals surface area contributed by atoms with Crippen LogP contribution >= 0.6 is 0 Å². The third-order valence-corrected chi connectivity index (χ3v) is 2.32. The second-order valence-electron chi connectivity index (χ2n) is 3.91. The van der Waals surface area contributed by atoms with Crippen LogP contribution in [0.15, 0.2) is 41.0 Å². The Morgan fingerprint density at radius 3 is 2.83 bits per heavy atom. The van der Waals surface area contributed by atoms with E-state index in [1.807, 2.05) is 6.07 Å². The number of benzene rings is 1. The molecule has 5 N–H and O–H groups in total. The highest BCUT2D eigenvalue weighted by molar-refractivity contribution is 5.81. The number of hydrogen-bond donors (Lipinski definition) is 3. The highest BCUT2D eigenvalue weighted by atomic mass is 16.5. The van der Waals surface area contributed by atoms with Gasteiger partial charge in [0.1, 0.15) is 11.8 Å². The highest BCUT2D eigenvalue weighted by Gasteiger charge is 2.28. The quantitative estimate of drug-likeness (QED) is 0.650. The number of nitriles is 1. The van der Waals surface area contributed by atoms with Crippen LogP contribution in [0.3, 0.4) is 0 Å². The van der Waals surface area contributed by atoms with Crippen LogP contribution in [-0.4, -0.2) is 11.8 Å². The van der Waals surface area contributed by atoms with Gasteiger partial charge >= 0.3 is 0 Å². The highest BCUT2D eigenvalue weighted by Crippen LogP contribution is 2.23. The number of nitrogens with two attached hydrogens (primary N) is 2. The van der Waals surface area contributed by atoms with Crippen molar-refractivity contribution in [2.45, 2.75) is 12.8 Å². The molecular weight excluding hydrogens is 230 g/mol. The molecule has 0 amide bonds. The van der Waals surface area contributed by atoms with Crippen molar-refractivity contribution in [2.75, 3.05) is 0 Å².